The molecule has 0 unspecified atom stereocenters. The lowest BCUT2D eigenvalue weighted by Crippen LogP contribution is -2.25. The summed E-state index contributed by atoms with van der Waals surface area (Å²) in [7, 11) is 0. The Morgan fingerprint density at radius 3 is 2.45 bits per heavy atom. The third kappa shape index (κ3) is 6.32. The van der Waals surface area contributed by atoms with Gasteiger partial charge in [0.15, 0.2) is 0 Å². The predicted molar refractivity (Wildman–Crippen MR) is 46.6 cm³/mol. The number of unbranched alkanes of at least 4 members (excludes halogenated alkanes) is 1. The van der Waals surface area contributed by atoms with E-state index in [0.29, 0.717) is 6.61 Å². The molecule has 0 saturated carbocycles. The highest BCUT2D eigenvalue weighted by atomic mass is 16.5. The van der Waals surface area contributed by atoms with E-state index >= 15 is 0 Å². The largest absolute Gasteiger partial charge is 0.394 e. The standard InChI is InChI=1S/C9H20O2/c1-4-5-6-9(2,3)11-8-7-10/h10H,4-8H2,1-3H3. The monoisotopic (exact) mass is 160 g/mol. The average Bonchev–Trinajstić information content (AvgIpc) is 1.97. The summed E-state index contributed by atoms with van der Waals surface area (Å²) in [5, 5.41) is 8.53. The van der Waals surface area contributed by atoms with Crippen LogP contribution in [0.5, 0.6) is 0 Å². The molecule has 0 radical (unpaired) electrons. The molecular formula is C9H20O2. The minimum atomic E-state index is -0.0568. The second kappa shape index (κ2) is 5.56. The van der Waals surface area contributed by atoms with Gasteiger partial charge in [-0.05, 0) is 20.3 Å². The SMILES string of the molecule is CCCCC(C)(C)OCCO. The minimum absolute atomic E-state index is 0.0568. The summed E-state index contributed by atoms with van der Waals surface area (Å²) >= 11 is 0. The van der Waals surface area contributed by atoms with Gasteiger partial charge in [0.2, 0.25) is 0 Å². The fourth-order valence-corrected chi connectivity index (χ4v) is 0.997. The number of aliphatic hydroxyl groups excluding tert-OH is 1. The third-order valence-corrected chi connectivity index (χ3v) is 1.72. The smallest absolute Gasteiger partial charge is 0.0704 e. The molecule has 0 fully saturated rings. The molecule has 2 nitrogen and oxygen atoms in total. The van der Waals surface area contributed by atoms with Gasteiger partial charge in [-0.1, -0.05) is 19.8 Å². The van der Waals surface area contributed by atoms with E-state index in [9.17, 15) is 0 Å². The Morgan fingerprint density at radius 2 is 2.00 bits per heavy atom. The number of hydrogen-bond donors (Lipinski definition) is 1. The Bertz CT molecular complexity index is 79.6. The predicted octanol–water partition coefficient (Wildman–Crippen LogP) is 1.96. The van der Waals surface area contributed by atoms with Gasteiger partial charge in [-0.2, -0.15) is 0 Å². The molecular weight excluding hydrogens is 140 g/mol. The van der Waals surface area contributed by atoms with Gasteiger partial charge in [0.1, 0.15) is 0 Å². The summed E-state index contributed by atoms with van der Waals surface area (Å²) in [6.45, 7) is 6.88. The lowest BCUT2D eigenvalue weighted by molar-refractivity contribution is -0.0391. The van der Waals surface area contributed by atoms with E-state index < -0.39 is 0 Å². The van der Waals surface area contributed by atoms with Crippen LogP contribution in [-0.4, -0.2) is 23.9 Å². The van der Waals surface area contributed by atoms with Crippen LogP contribution in [0, 0.1) is 0 Å². The van der Waals surface area contributed by atoms with Gasteiger partial charge in [0, 0.05) is 0 Å². The van der Waals surface area contributed by atoms with Gasteiger partial charge in [-0.15, -0.1) is 0 Å². The Labute approximate surface area is 69.6 Å². The molecule has 0 aromatic heterocycles. The number of ether oxygens (including phenoxy) is 1. The molecule has 11 heavy (non-hydrogen) atoms. The van der Waals surface area contributed by atoms with Crippen LogP contribution in [0.4, 0.5) is 0 Å². The molecule has 0 aromatic carbocycles. The molecule has 0 saturated heterocycles. The van der Waals surface area contributed by atoms with Gasteiger partial charge in [-0.3, -0.25) is 0 Å². The van der Waals surface area contributed by atoms with Crippen LogP contribution in [0.2, 0.25) is 0 Å². The van der Waals surface area contributed by atoms with Crippen LogP contribution in [-0.2, 0) is 4.74 Å². The molecule has 0 bridgehead atoms. The second-order valence-corrected chi connectivity index (χ2v) is 3.44. The highest BCUT2D eigenvalue weighted by molar-refractivity contribution is 4.67. The van der Waals surface area contributed by atoms with Crippen LogP contribution in [0.3, 0.4) is 0 Å². The van der Waals surface area contributed by atoms with Crippen molar-refractivity contribution in [3.05, 3.63) is 0 Å². The molecule has 0 aliphatic carbocycles. The fraction of sp³-hybridized carbons (Fsp3) is 1.00. The highest BCUT2D eigenvalue weighted by Gasteiger charge is 2.16. The fourth-order valence-electron chi connectivity index (χ4n) is 0.997. The van der Waals surface area contributed by atoms with Crippen molar-refractivity contribution in [2.24, 2.45) is 0 Å². The summed E-state index contributed by atoms with van der Waals surface area (Å²) < 4.78 is 5.43. The van der Waals surface area contributed by atoms with Crippen LogP contribution >= 0.6 is 0 Å². The van der Waals surface area contributed by atoms with Crippen LogP contribution in [0.1, 0.15) is 40.0 Å². The first-order valence-electron chi connectivity index (χ1n) is 4.37. The van der Waals surface area contributed by atoms with E-state index in [2.05, 4.69) is 20.8 Å². The Morgan fingerprint density at radius 1 is 1.36 bits per heavy atom. The van der Waals surface area contributed by atoms with Crippen molar-refractivity contribution in [1.29, 1.82) is 0 Å². The van der Waals surface area contributed by atoms with Crippen molar-refractivity contribution >= 4 is 0 Å². The zero-order valence-electron chi connectivity index (χ0n) is 7.89. The first kappa shape index (κ1) is 10.9. The summed E-state index contributed by atoms with van der Waals surface area (Å²) in [4.78, 5) is 0. The number of aliphatic hydroxyl groups is 1. The van der Waals surface area contributed by atoms with Gasteiger partial charge in [0.05, 0.1) is 18.8 Å². The molecule has 2 heteroatoms. The molecule has 0 aliphatic rings. The molecule has 0 rings (SSSR count). The highest BCUT2D eigenvalue weighted by Crippen LogP contribution is 2.17. The van der Waals surface area contributed by atoms with Crippen molar-refractivity contribution in [3.63, 3.8) is 0 Å². The van der Waals surface area contributed by atoms with Gasteiger partial charge in [0.25, 0.3) is 0 Å². The van der Waals surface area contributed by atoms with E-state index in [-0.39, 0.29) is 12.2 Å². The maximum absolute atomic E-state index is 8.53. The summed E-state index contributed by atoms with van der Waals surface area (Å²) in [6, 6.07) is 0. The Balaban J connectivity index is 3.43. The summed E-state index contributed by atoms with van der Waals surface area (Å²) in [6.07, 6.45) is 3.47. The second-order valence-electron chi connectivity index (χ2n) is 3.44. The molecule has 1 N–H and O–H groups in total. The van der Waals surface area contributed by atoms with E-state index in [1.807, 2.05) is 0 Å². The van der Waals surface area contributed by atoms with E-state index in [1.165, 1.54) is 12.8 Å². The molecule has 0 amide bonds. The molecule has 0 heterocycles. The quantitative estimate of drug-likeness (QED) is 0.643. The average molecular weight is 160 g/mol. The first-order valence-corrected chi connectivity index (χ1v) is 4.37. The number of hydrogen-bond acceptors (Lipinski definition) is 2. The van der Waals surface area contributed by atoms with E-state index in [4.69, 9.17) is 9.84 Å². The number of rotatable bonds is 6. The first-order chi connectivity index (χ1) is 5.12. The van der Waals surface area contributed by atoms with Gasteiger partial charge >= 0.3 is 0 Å². The zero-order valence-corrected chi connectivity index (χ0v) is 7.89. The van der Waals surface area contributed by atoms with Crippen LogP contribution < -0.4 is 0 Å². The molecule has 0 aliphatic heterocycles. The summed E-state index contributed by atoms with van der Waals surface area (Å²) in [5.41, 5.74) is -0.0568. The van der Waals surface area contributed by atoms with Gasteiger partial charge < -0.3 is 9.84 Å². The van der Waals surface area contributed by atoms with Crippen molar-refractivity contribution in [2.45, 2.75) is 45.6 Å². The molecule has 0 aromatic rings. The normalized spacial score (nSPS) is 12.0. The minimum Gasteiger partial charge on any atom is -0.394 e. The van der Waals surface area contributed by atoms with Crippen LogP contribution in [0.25, 0.3) is 0 Å². The summed E-state index contributed by atoms with van der Waals surface area (Å²) in [5.74, 6) is 0. The lowest BCUT2D eigenvalue weighted by Gasteiger charge is -2.24. The van der Waals surface area contributed by atoms with Crippen LogP contribution in [0.15, 0.2) is 0 Å². The zero-order chi connectivity index (χ0) is 8.74. The maximum Gasteiger partial charge on any atom is 0.0704 e. The van der Waals surface area contributed by atoms with Crippen molar-refractivity contribution in [1.82, 2.24) is 0 Å². The lowest BCUT2D eigenvalue weighted by atomic mass is 10.0. The van der Waals surface area contributed by atoms with E-state index in [1.54, 1.807) is 0 Å². The molecule has 0 spiro atoms. The molecule has 68 valence electrons. The Hall–Kier alpha value is -0.0800. The third-order valence-electron chi connectivity index (χ3n) is 1.72. The molecule has 0 atom stereocenters. The van der Waals surface area contributed by atoms with Crippen molar-refractivity contribution in [3.8, 4) is 0 Å². The van der Waals surface area contributed by atoms with Gasteiger partial charge in [-0.25, -0.2) is 0 Å². The Kier molecular flexibility index (Phi) is 5.51. The van der Waals surface area contributed by atoms with Crippen molar-refractivity contribution < 1.29 is 9.84 Å². The topological polar surface area (TPSA) is 29.5 Å². The van der Waals surface area contributed by atoms with E-state index in [0.717, 1.165) is 6.42 Å². The maximum atomic E-state index is 8.53. The van der Waals surface area contributed by atoms with Crippen molar-refractivity contribution in [2.75, 3.05) is 13.2 Å².